The molecule has 1 saturated heterocycles. The minimum atomic E-state index is 0.814. The van der Waals surface area contributed by atoms with E-state index in [1.165, 1.54) is 16.7 Å². The smallest absolute Gasteiger partial charge is 0.122 e. The first kappa shape index (κ1) is 12.4. The van der Waals surface area contributed by atoms with Gasteiger partial charge in [-0.2, -0.15) is 0 Å². The van der Waals surface area contributed by atoms with Crippen LogP contribution in [0.1, 0.15) is 16.7 Å². The van der Waals surface area contributed by atoms with E-state index in [0.29, 0.717) is 0 Å². The molecule has 0 aliphatic carbocycles. The van der Waals surface area contributed by atoms with Crippen LogP contribution in [0.3, 0.4) is 0 Å². The lowest BCUT2D eigenvalue weighted by Crippen LogP contribution is -2.47. The van der Waals surface area contributed by atoms with Crippen LogP contribution >= 0.6 is 0 Å². The first-order valence-electron chi connectivity index (χ1n) is 6.27. The molecule has 0 unspecified atom stereocenters. The van der Waals surface area contributed by atoms with E-state index in [2.05, 4.69) is 36.6 Å². The summed E-state index contributed by atoms with van der Waals surface area (Å²) in [5, 5.41) is 6.82. The second kappa shape index (κ2) is 5.52. The number of hydrogen-bond acceptors (Lipinski definition) is 3. The molecule has 1 aromatic carbocycles. The fourth-order valence-electron chi connectivity index (χ4n) is 2.17. The average molecular weight is 234 g/mol. The highest BCUT2D eigenvalue weighted by molar-refractivity contribution is 5.43. The van der Waals surface area contributed by atoms with Crippen LogP contribution in [0.4, 0.5) is 0 Å². The van der Waals surface area contributed by atoms with E-state index in [1.54, 1.807) is 7.11 Å². The number of methoxy groups -OCH3 is 1. The number of nitrogens with one attached hydrogen (secondary N) is 2. The molecule has 2 N–H and O–H groups in total. The van der Waals surface area contributed by atoms with Crippen LogP contribution in [0.15, 0.2) is 12.1 Å². The van der Waals surface area contributed by atoms with Gasteiger partial charge in [0.2, 0.25) is 0 Å². The van der Waals surface area contributed by atoms with Gasteiger partial charge < -0.3 is 15.4 Å². The van der Waals surface area contributed by atoms with Gasteiger partial charge in [0.05, 0.1) is 7.11 Å². The first-order chi connectivity index (χ1) is 8.22. The Bertz CT molecular complexity index is 386. The maximum Gasteiger partial charge on any atom is 0.122 e. The molecular weight excluding hydrogens is 212 g/mol. The molecular formula is C14H22N2O. The van der Waals surface area contributed by atoms with Gasteiger partial charge in [-0.25, -0.2) is 0 Å². The van der Waals surface area contributed by atoms with E-state index in [0.717, 1.165) is 37.8 Å². The van der Waals surface area contributed by atoms with Crippen LogP contribution in [-0.2, 0) is 6.54 Å². The molecule has 1 aliphatic rings. The normalized spacial score (nSPS) is 15.7. The van der Waals surface area contributed by atoms with Crippen molar-refractivity contribution in [3.8, 4) is 5.75 Å². The van der Waals surface area contributed by atoms with Crippen molar-refractivity contribution in [2.24, 2.45) is 5.92 Å². The highest BCUT2D eigenvalue weighted by Gasteiger charge is 2.15. The van der Waals surface area contributed by atoms with Crippen LogP contribution in [0, 0.1) is 19.8 Å². The molecule has 17 heavy (non-hydrogen) atoms. The van der Waals surface area contributed by atoms with Crippen LogP contribution in [0.5, 0.6) is 5.75 Å². The predicted octanol–water partition coefficient (Wildman–Crippen LogP) is 1.62. The molecule has 0 saturated carbocycles. The zero-order valence-electron chi connectivity index (χ0n) is 11.0. The predicted molar refractivity (Wildman–Crippen MR) is 70.5 cm³/mol. The quantitative estimate of drug-likeness (QED) is 0.812. The van der Waals surface area contributed by atoms with Crippen molar-refractivity contribution >= 4 is 0 Å². The maximum absolute atomic E-state index is 5.32. The van der Waals surface area contributed by atoms with E-state index in [9.17, 15) is 0 Å². The Balaban J connectivity index is 1.93. The monoisotopic (exact) mass is 234 g/mol. The Labute approximate surface area is 104 Å². The summed E-state index contributed by atoms with van der Waals surface area (Å²) in [6, 6.07) is 4.22. The number of ether oxygens (including phenoxy) is 1. The highest BCUT2D eigenvalue weighted by Crippen LogP contribution is 2.23. The van der Waals surface area contributed by atoms with Crippen molar-refractivity contribution in [3.05, 3.63) is 28.8 Å². The van der Waals surface area contributed by atoms with E-state index >= 15 is 0 Å². The van der Waals surface area contributed by atoms with Crippen LogP contribution < -0.4 is 15.4 Å². The van der Waals surface area contributed by atoms with Gasteiger partial charge in [0.15, 0.2) is 0 Å². The Morgan fingerprint density at radius 1 is 1.29 bits per heavy atom. The second-order valence-corrected chi connectivity index (χ2v) is 4.83. The third kappa shape index (κ3) is 2.79. The summed E-state index contributed by atoms with van der Waals surface area (Å²) in [5.41, 5.74) is 3.95. The average Bonchev–Trinajstić information content (AvgIpc) is 2.27. The number of hydrogen-bond donors (Lipinski definition) is 2. The van der Waals surface area contributed by atoms with Crippen molar-refractivity contribution < 1.29 is 4.74 Å². The third-order valence-corrected chi connectivity index (χ3v) is 3.68. The number of rotatable bonds is 5. The van der Waals surface area contributed by atoms with Crippen molar-refractivity contribution in [1.29, 1.82) is 0 Å². The molecule has 2 rings (SSSR count). The van der Waals surface area contributed by atoms with Gasteiger partial charge in [0, 0.05) is 26.2 Å². The van der Waals surface area contributed by atoms with Crippen molar-refractivity contribution in [2.75, 3.05) is 26.7 Å². The third-order valence-electron chi connectivity index (χ3n) is 3.68. The van der Waals surface area contributed by atoms with E-state index < -0.39 is 0 Å². The molecule has 94 valence electrons. The summed E-state index contributed by atoms with van der Waals surface area (Å²) in [5.74, 6) is 1.80. The first-order valence-corrected chi connectivity index (χ1v) is 6.27. The SMILES string of the molecule is COc1ccc(CNCC2CNC2)c(C)c1C. The standard InChI is InChI=1S/C14H22N2O/c1-10-11(2)14(17-3)5-4-13(10)9-16-8-12-6-15-7-12/h4-5,12,15-16H,6-9H2,1-3H3. The largest absolute Gasteiger partial charge is 0.496 e. The zero-order chi connectivity index (χ0) is 12.3. The van der Waals surface area contributed by atoms with Crippen LogP contribution in [0.2, 0.25) is 0 Å². The second-order valence-electron chi connectivity index (χ2n) is 4.83. The van der Waals surface area contributed by atoms with Crippen molar-refractivity contribution in [1.82, 2.24) is 10.6 Å². The molecule has 0 spiro atoms. The minimum absolute atomic E-state index is 0.814. The summed E-state index contributed by atoms with van der Waals surface area (Å²) < 4.78 is 5.32. The fourth-order valence-corrected chi connectivity index (χ4v) is 2.17. The Morgan fingerprint density at radius 2 is 2.06 bits per heavy atom. The molecule has 0 bridgehead atoms. The van der Waals surface area contributed by atoms with E-state index in [-0.39, 0.29) is 0 Å². The Hall–Kier alpha value is -1.06. The minimum Gasteiger partial charge on any atom is -0.496 e. The molecule has 3 heteroatoms. The zero-order valence-corrected chi connectivity index (χ0v) is 11.0. The molecule has 3 nitrogen and oxygen atoms in total. The molecule has 1 fully saturated rings. The molecule has 1 aromatic rings. The molecule has 1 aliphatic heterocycles. The Morgan fingerprint density at radius 3 is 2.65 bits per heavy atom. The Kier molecular flexibility index (Phi) is 4.02. The molecule has 0 radical (unpaired) electrons. The molecule has 0 amide bonds. The fraction of sp³-hybridized carbons (Fsp3) is 0.571. The summed E-state index contributed by atoms with van der Waals surface area (Å²) in [6.45, 7) is 8.67. The van der Waals surface area contributed by atoms with E-state index in [1.807, 2.05) is 0 Å². The van der Waals surface area contributed by atoms with Crippen molar-refractivity contribution in [2.45, 2.75) is 20.4 Å². The lowest BCUT2D eigenvalue weighted by atomic mass is 10.0. The van der Waals surface area contributed by atoms with Gasteiger partial charge in [-0.1, -0.05) is 6.07 Å². The van der Waals surface area contributed by atoms with Gasteiger partial charge in [0.25, 0.3) is 0 Å². The highest BCUT2D eigenvalue weighted by atomic mass is 16.5. The summed E-state index contributed by atoms with van der Waals surface area (Å²) >= 11 is 0. The van der Waals surface area contributed by atoms with Gasteiger partial charge in [-0.05, 0) is 42.5 Å². The van der Waals surface area contributed by atoms with Crippen LogP contribution in [0.25, 0.3) is 0 Å². The van der Waals surface area contributed by atoms with Gasteiger partial charge in [0.1, 0.15) is 5.75 Å². The van der Waals surface area contributed by atoms with Gasteiger partial charge >= 0.3 is 0 Å². The van der Waals surface area contributed by atoms with Gasteiger partial charge in [-0.3, -0.25) is 0 Å². The maximum atomic E-state index is 5.32. The van der Waals surface area contributed by atoms with Crippen LogP contribution in [-0.4, -0.2) is 26.7 Å². The molecule has 0 atom stereocenters. The van der Waals surface area contributed by atoms with Gasteiger partial charge in [-0.15, -0.1) is 0 Å². The van der Waals surface area contributed by atoms with Crippen molar-refractivity contribution in [3.63, 3.8) is 0 Å². The lowest BCUT2D eigenvalue weighted by Gasteiger charge is -2.27. The molecule has 1 heterocycles. The topological polar surface area (TPSA) is 33.3 Å². The summed E-state index contributed by atoms with van der Waals surface area (Å²) in [7, 11) is 1.73. The molecule has 0 aromatic heterocycles. The summed E-state index contributed by atoms with van der Waals surface area (Å²) in [4.78, 5) is 0. The lowest BCUT2D eigenvalue weighted by molar-refractivity contribution is 0.331. The van der Waals surface area contributed by atoms with E-state index in [4.69, 9.17) is 4.74 Å². The number of benzene rings is 1. The summed E-state index contributed by atoms with van der Waals surface area (Å²) in [6.07, 6.45) is 0.